The molecule has 1 heterocycles. The van der Waals surface area contributed by atoms with Crippen LogP contribution in [0.4, 0.5) is 17.2 Å². The van der Waals surface area contributed by atoms with E-state index in [1.54, 1.807) is 63.9 Å². The summed E-state index contributed by atoms with van der Waals surface area (Å²) >= 11 is 0. The molecule has 0 unspecified atom stereocenters. The minimum absolute atomic E-state index is 0.337. The number of rotatable bonds is 7. The smallest absolute Gasteiger partial charge is 0.239 e. The fourth-order valence-electron chi connectivity index (χ4n) is 2.45. The predicted octanol–water partition coefficient (Wildman–Crippen LogP) is 3.62. The van der Waals surface area contributed by atoms with E-state index in [0.29, 0.717) is 46.1 Å². The molecule has 0 spiro atoms. The van der Waals surface area contributed by atoms with Gasteiger partial charge >= 0.3 is 0 Å². The van der Waals surface area contributed by atoms with Crippen molar-refractivity contribution in [2.75, 3.05) is 32.4 Å². The van der Waals surface area contributed by atoms with E-state index in [1.807, 2.05) is 0 Å². The van der Waals surface area contributed by atoms with Crippen LogP contribution in [0.3, 0.4) is 0 Å². The fraction of sp³-hybridized carbons (Fsp3) is 0.158. The predicted molar refractivity (Wildman–Crippen MR) is 102 cm³/mol. The van der Waals surface area contributed by atoms with Crippen molar-refractivity contribution in [1.82, 2.24) is 9.97 Å². The van der Waals surface area contributed by atoms with Crippen molar-refractivity contribution in [2.24, 2.45) is 0 Å². The van der Waals surface area contributed by atoms with Gasteiger partial charge in [0.2, 0.25) is 11.6 Å². The van der Waals surface area contributed by atoms with Crippen molar-refractivity contribution in [1.29, 1.82) is 0 Å². The number of nitrogens with two attached hydrogens (primary N) is 1. The average molecular weight is 368 g/mol. The second-order valence-corrected chi connectivity index (χ2v) is 5.42. The van der Waals surface area contributed by atoms with Gasteiger partial charge in [-0.3, -0.25) is 4.98 Å². The summed E-state index contributed by atoms with van der Waals surface area (Å²) in [7, 11) is 4.66. The summed E-state index contributed by atoms with van der Waals surface area (Å²) in [4.78, 5) is 8.56. The first-order valence-electron chi connectivity index (χ1n) is 8.06. The average Bonchev–Trinajstić information content (AvgIpc) is 2.69. The van der Waals surface area contributed by atoms with Gasteiger partial charge in [-0.1, -0.05) is 0 Å². The SMILES string of the molecule is COc1ccc(Nc2cncc(Oc3ccc(N)cc3)n2)c(OC)c1OC. The van der Waals surface area contributed by atoms with Gasteiger partial charge in [-0.25, -0.2) is 0 Å². The summed E-state index contributed by atoms with van der Waals surface area (Å²) in [6, 6.07) is 10.6. The fourth-order valence-corrected chi connectivity index (χ4v) is 2.45. The third kappa shape index (κ3) is 4.12. The molecular weight excluding hydrogens is 348 g/mol. The number of hydrogen-bond acceptors (Lipinski definition) is 8. The molecule has 2 aromatic carbocycles. The lowest BCUT2D eigenvalue weighted by molar-refractivity contribution is 0.325. The number of nitrogens with zero attached hydrogens (tertiary/aromatic N) is 2. The van der Waals surface area contributed by atoms with Crippen LogP contribution in [0.1, 0.15) is 0 Å². The maximum atomic E-state index is 5.70. The summed E-state index contributed by atoms with van der Waals surface area (Å²) in [6.45, 7) is 0. The molecule has 3 N–H and O–H groups in total. The lowest BCUT2D eigenvalue weighted by Crippen LogP contribution is -2.01. The summed E-state index contributed by atoms with van der Waals surface area (Å²) < 4.78 is 21.8. The quantitative estimate of drug-likeness (QED) is 0.610. The highest BCUT2D eigenvalue weighted by Gasteiger charge is 2.16. The molecule has 0 fully saturated rings. The monoisotopic (exact) mass is 368 g/mol. The second-order valence-electron chi connectivity index (χ2n) is 5.42. The zero-order chi connectivity index (χ0) is 19.2. The number of hydrogen-bond donors (Lipinski definition) is 2. The molecule has 8 heteroatoms. The highest BCUT2D eigenvalue weighted by molar-refractivity contribution is 5.72. The number of aromatic nitrogens is 2. The van der Waals surface area contributed by atoms with Crippen molar-refractivity contribution in [3.8, 4) is 28.9 Å². The minimum Gasteiger partial charge on any atom is -0.493 e. The second kappa shape index (κ2) is 8.13. The van der Waals surface area contributed by atoms with Crippen LogP contribution in [-0.4, -0.2) is 31.3 Å². The molecule has 0 aliphatic rings. The third-order valence-electron chi connectivity index (χ3n) is 3.68. The maximum absolute atomic E-state index is 5.70. The highest BCUT2D eigenvalue weighted by atomic mass is 16.5. The van der Waals surface area contributed by atoms with E-state index in [2.05, 4.69) is 15.3 Å². The molecule has 0 bridgehead atoms. The van der Waals surface area contributed by atoms with Gasteiger partial charge in [0.15, 0.2) is 17.3 Å². The number of nitrogens with one attached hydrogen (secondary N) is 1. The van der Waals surface area contributed by atoms with E-state index in [9.17, 15) is 0 Å². The highest BCUT2D eigenvalue weighted by Crippen LogP contribution is 2.43. The number of anilines is 3. The third-order valence-corrected chi connectivity index (χ3v) is 3.68. The summed E-state index contributed by atoms with van der Waals surface area (Å²) in [6.07, 6.45) is 3.10. The van der Waals surface area contributed by atoms with Crippen LogP contribution in [0.2, 0.25) is 0 Å². The van der Waals surface area contributed by atoms with Crippen LogP contribution in [0, 0.1) is 0 Å². The Bertz CT molecular complexity index is 916. The van der Waals surface area contributed by atoms with Crippen LogP contribution in [0.15, 0.2) is 48.8 Å². The molecule has 0 amide bonds. The molecule has 0 saturated heterocycles. The zero-order valence-corrected chi connectivity index (χ0v) is 15.2. The number of ether oxygens (including phenoxy) is 4. The van der Waals surface area contributed by atoms with E-state index in [4.69, 9.17) is 24.7 Å². The largest absolute Gasteiger partial charge is 0.493 e. The molecule has 8 nitrogen and oxygen atoms in total. The van der Waals surface area contributed by atoms with Crippen LogP contribution in [0.5, 0.6) is 28.9 Å². The molecule has 27 heavy (non-hydrogen) atoms. The van der Waals surface area contributed by atoms with Gasteiger partial charge in [-0.2, -0.15) is 4.98 Å². The molecule has 3 aromatic rings. The van der Waals surface area contributed by atoms with Crippen molar-refractivity contribution in [3.05, 3.63) is 48.8 Å². The van der Waals surface area contributed by atoms with E-state index in [-0.39, 0.29) is 0 Å². The Hall–Kier alpha value is -3.68. The van der Waals surface area contributed by atoms with Gasteiger partial charge in [-0.05, 0) is 36.4 Å². The molecule has 3 rings (SSSR count). The van der Waals surface area contributed by atoms with Crippen LogP contribution < -0.4 is 30.0 Å². The maximum Gasteiger partial charge on any atom is 0.239 e. The van der Waals surface area contributed by atoms with Gasteiger partial charge in [-0.15, -0.1) is 0 Å². The topological polar surface area (TPSA) is 101 Å². The van der Waals surface area contributed by atoms with Gasteiger partial charge in [0, 0.05) is 5.69 Å². The molecule has 0 atom stereocenters. The summed E-state index contributed by atoms with van der Waals surface area (Å²) in [5.74, 6) is 2.96. The van der Waals surface area contributed by atoms with Crippen molar-refractivity contribution >= 4 is 17.2 Å². The summed E-state index contributed by atoms with van der Waals surface area (Å²) in [5, 5.41) is 3.15. The summed E-state index contributed by atoms with van der Waals surface area (Å²) in [5.41, 5.74) is 6.98. The molecule has 0 aliphatic carbocycles. The normalized spacial score (nSPS) is 10.2. The van der Waals surface area contributed by atoms with Crippen molar-refractivity contribution in [2.45, 2.75) is 0 Å². The number of nitrogen functional groups attached to an aromatic ring is 1. The van der Waals surface area contributed by atoms with Gasteiger partial charge in [0.05, 0.1) is 39.4 Å². The van der Waals surface area contributed by atoms with Crippen LogP contribution in [0.25, 0.3) is 0 Å². The Morgan fingerprint density at radius 1 is 0.852 bits per heavy atom. The van der Waals surface area contributed by atoms with Gasteiger partial charge in [0.1, 0.15) is 5.75 Å². The molecule has 140 valence electrons. The van der Waals surface area contributed by atoms with E-state index < -0.39 is 0 Å². The van der Waals surface area contributed by atoms with E-state index in [0.717, 1.165) is 0 Å². The Kier molecular flexibility index (Phi) is 5.46. The number of methoxy groups -OCH3 is 3. The van der Waals surface area contributed by atoms with E-state index in [1.165, 1.54) is 6.20 Å². The van der Waals surface area contributed by atoms with Crippen molar-refractivity contribution < 1.29 is 18.9 Å². The molecule has 1 aromatic heterocycles. The Morgan fingerprint density at radius 3 is 2.26 bits per heavy atom. The standard InChI is InChI=1S/C19H20N4O4/c1-24-15-9-8-14(18(25-2)19(15)26-3)22-16-10-21-11-17(23-16)27-13-6-4-12(20)5-7-13/h4-11H,20H2,1-3H3,(H,22,23). The van der Waals surface area contributed by atoms with Gasteiger partial charge < -0.3 is 30.0 Å². The molecular formula is C19H20N4O4. The van der Waals surface area contributed by atoms with Gasteiger partial charge in [0.25, 0.3) is 0 Å². The van der Waals surface area contributed by atoms with E-state index >= 15 is 0 Å². The van der Waals surface area contributed by atoms with Crippen LogP contribution >= 0.6 is 0 Å². The molecule has 0 radical (unpaired) electrons. The Labute approximate surface area is 156 Å². The van der Waals surface area contributed by atoms with Crippen molar-refractivity contribution in [3.63, 3.8) is 0 Å². The first-order valence-corrected chi connectivity index (χ1v) is 8.06. The molecule has 0 saturated carbocycles. The first-order chi connectivity index (χ1) is 13.1. The lowest BCUT2D eigenvalue weighted by atomic mass is 10.2. The Morgan fingerprint density at radius 2 is 1.59 bits per heavy atom. The number of benzene rings is 2. The Balaban J connectivity index is 1.85. The lowest BCUT2D eigenvalue weighted by Gasteiger charge is -2.16. The zero-order valence-electron chi connectivity index (χ0n) is 15.2. The minimum atomic E-state index is 0.337. The van der Waals surface area contributed by atoms with Crippen LogP contribution in [-0.2, 0) is 0 Å². The first kappa shape index (κ1) is 18.1. The molecule has 0 aliphatic heterocycles.